The van der Waals surface area contributed by atoms with Crippen LogP contribution in [0.1, 0.15) is 6.92 Å². The first-order valence-electron chi connectivity index (χ1n) is 8.79. The highest BCUT2D eigenvalue weighted by atomic mass is 19.1. The molecule has 1 heterocycles. The van der Waals surface area contributed by atoms with Gasteiger partial charge in [-0.1, -0.05) is 6.58 Å². The highest BCUT2D eigenvalue weighted by Crippen LogP contribution is 2.26. The van der Waals surface area contributed by atoms with Crippen LogP contribution in [0.5, 0.6) is 0 Å². The molecule has 9 heteroatoms. The number of halogens is 1. The van der Waals surface area contributed by atoms with Gasteiger partial charge in [0.15, 0.2) is 0 Å². The van der Waals surface area contributed by atoms with Crippen LogP contribution in [0.2, 0.25) is 0 Å². The second-order valence-corrected chi connectivity index (χ2v) is 5.78. The van der Waals surface area contributed by atoms with Gasteiger partial charge in [0, 0.05) is 13.1 Å². The molecule has 27 heavy (non-hydrogen) atoms. The highest BCUT2D eigenvalue weighted by Gasteiger charge is 2.32. The number of nitrogens with zero attached hydrogens (tertiary/aromatic N) is 2. The Morgan fingerprint density at radius 2 is 2.33 bits per heavy atom. The van der Waals surface area contributed by atoms with Gasteiger partial charge in [0.25, 0.3) is 0 Å². The Morgan fingerprint density at radius 3 is 3.00 bits per heavy atom. The van der Waals surface area contributed by atoms with Crippen molar-refractivity contribution in [2.24, 2.45) is 4.99 Å². The van der Waals surface area contributed by atoms with Crippen molar-refractivity contribution in [1.82, 2.24) is 10.8 Å². The predicted molar refractivity (Wildman–Crippen MR) is 104 cm³/mol. The number of likely N-dealkylation sites (N-methyl/N-ethyl adjacent to an activating group) is 1. The number of carbonyl (C=O) groups is 1. The van der Waals surface area contributed by atoms with Crippen LogP contribution in [-0.4, -0.2) is 57.9 Å². The molecule has 1 amide bonds. The normalized spacial score (nSPS) is 17.0. The molecule has 8 nitrogen and oxygen atoms in total. The molecule has 1 atom stereocenters. The van der Waals surface area contributed by atoms with E-state index < -0.39 is 18.0 Å². The number of nitrogens with one attached hydrogen (secondary N) is 3. The molecule has 1 fully saturated rings. The lowest BCUT2D eigenvalue weighted by molar-refractivity contribution is 0.0970. The van der Waals surface area contributed by atoms with E-state index in [1.165, 1.54) is 17.0 Å². The minimum atomic E-state index is -0.525. The number of rotatable bonds is 10. The first kappa shape index (κ1) is 20.7. The van der Waals surface area contributed by atoms with Crippen molar-refractivity contribution in [2.45, 2.75) is 13.0 Å². The number of amides is 1. The Kier molecular flexibility index (Phi) is 8.02. The largest absolute Gasteiger partial charge is 0.442 e. The molecule has 1 aliphatic rings. The van der Waals surface area contributed by atoms with E-state index in [-0.39, 0.29) is 13.1 Å². The van der Waals surface area contributed by atoms with Gasteiger partial charge in [-0.15, -0.1) is 0 Å². The number of benzene rings is 1. The standard InChI is InChI=1S/C18H26FN5O3/c1-4-17(23-26-5-2)22-11-14-12-24(18(25)27-14)13-6-7-16(15(19)10-13)21-9-8-20-3/h4,6-7,10,14,20-21H,1,5,8-9,11-12H2,2-3H3,(H,22,23). The predicted octanol–water partition coefficient (Wildman–Crippen LogP) is 1.91. The van der Waals surface area contributed by atoms with Crippen LogP contribution in [-0.2, 0) is 9.57 Å². The van der Waals surface area contributed by atoms with E-state index in [1.807, 2.05) is 14.0 Å². The van der Waals surface area contributed by atoms with Crippen molar-refractivity contribution in [1.29, 1.82) is 0 Å². The fraction of sp³-hybridized carbons (Fsp3) is 0.444. The van der Waals surface area contributed by atoms with E-state index in [0.29, 0.717) is 36.9 Å². The zero-order valence-corrected chi connectivity index (χ0v) is 15.6. The molecule has 0 bridgehead atoms. The number of hydroxylamine groups is 1. The van der Waals surface area contributed by atoms with Crippen molar-refractivity contribution in [3.63, 3.8) is 0 Å². The van der Waals surface area contributed by atoms with Crippen molar-refractivity contribution < 1.29 is 18.8 Å². The van der Waals surface area contributed by atoms with Crippen molar-refractivity contribution in [3.05, 3.63) is 36.7 Å². The molecule has 0 aromatic heterocycles. The van der Waals surface area contributed by atoms with Gasteiger partial charge >= 0.3 is 6.09 Å². The number of amidine groups is 1. The van der Waals surface area contributed by atoms with Crippen LogP contribution in [0.25, 0.3) is 0 Å². The maximum absolute atomic E-state index is 14.3. The summed E-state index contributed by atoms with van der Waals surface area (Å²) in [5.41, 5.74) is 3.48. The smallest absolute Gasteiger partial charge is 0.414 e. The first-order valence-corrected chi connectivity index (χ1v) is 8.79. The molecule has 0 radical (unpaired) electrons. The molecular weight excluding hydrogens is 353 g/mol. The van der Waals surface area contributed by atoms with Gasteiger partial charge in [0.05, 0.1) is 31.1 Å². The number of carbonyl (C=O) groups excluding carboxylic acids is 1. The number of cyclic esters (lactones) is 1. The molecular formula is C18H26FN5O3. The number of hydrogen-bond acceptors (Lipinski definition) is 6. The van der Waals surface area contributed by atoms with Crippen molar-refractivity contribution in [2.75, 3.05) is 50.1 Å². The Balaban J connectivity index is 1.97. The third kappa shape index (κ3) is 5.93. The lowest BCUT2D eigenvalue weighted by Crippen LogP contribution is -2.26. The van der Waals surface area contributed by atoms with E-state index in [0.717, 1.165) is 0 Å². The van der Waals surface area contributed by atoms with Crippen LogP contribution < -0.4 is 21.0 Å². The lowest BCUT2D eigenvalue weighted by Gasteiger charge is -2.15. The van der Waals surface area contributed by atoms with Gasteiger partial charge in [-0.25, -0.2) is 14.7 Å². The summed E-state index contributed by atoms with van der Waals surface area (Å²) in [6, 6.07) is 4.62. The average molecular weight is 379 g/mol. The summed E-state index contributed by atoms with van der Waals surface area (Å²) in [6.07, 6.45) is 0.551. The average Bonchev–Trinajstić information content (AvgIpc) is 3.04. The second-order valence-electron chi connectivity index (χ2n) is 5.78. The Labute approximate surface area is 158 Å². The molecule has 3 N–H and O–H groups in total. The van der Waals surface area contributed by atoms with Gasteiger partial charge in [0.1, 0.15) is 17.8 Å². The molecule has 0 spiro atoms. The van der Waals surface area contributed by atoms with Gasteiger partial charge < -0.3 is 15.4 Å². The number of aliphatic imine (C=N–C) groups is 1. The summed E-state index contributed by atoms with van der Waals surface area (Å²) in [6.45, 7) is 7.80. The fourth-order valence-corrected chi connectivity index (χ4v) is 2.45. The maximum Gasteiger partial charge on any atom is 0.414 e. The molecule has 1 aromatic carbocycles. The van der Waals surface area contributed by atoms with Crippen LogP contribution in [0.3, 0.4) is 0 Å². The highest BCUT2D eigenvalue weighted by molar-refractivity contribution is 5.92. The molecule has 148 valence electrons. The van der Waals surface area contributed by atoms with E-state index in [1.54, 1.807) is 12.1 Å². The van der Waals surface area contributed by atoms with Gasteiger partial charge in [-0.3, -0.25) is 14.7 Å². The second kappa shape index (κ2) is 10.5. The summed E-state index contributed by atoms with van der Waals surface area (Å²) in [5.74, 6) is 0.0297. The Morgan fingerprint density at radius 1 is 1.52 bits per heavy atom. The van der Waals surface area contributed by atoms with E-state index in [2.05, 4.69) is 27.7 Å². The van der Waals surface area contributed by atoms with Crippen molar-refractivity contribution >= 4 is 23.3 Å². The summed E-state index contributed by atoms with van der Waals surface area (Å²) in [7, 11) is 1.82. The van der Waals surface area contributed by atoms with Gasteiger partial charge in [0.2, 0.25) is 0 Å². The Hall–Kier alpha value is -2.65. The summed E-state index contributed by atoms with van der Waals surface area (Å²) in [5, 5.41) is 5.97. The third-order valence-electron chi connectivity index (χ3n) is 3.81. The zero-order chi connectivity index (χ0) is 19.6. The van der Waals surface area contributed by atoms with Crippen molar-refractivity contribution in [3.8, 4) is 0 Å². The van der Waals surface area contributed by atoms with E-state index in [4.69, 9.17) is 9.57 Å². The SMILES string of the molecule is C=CC(=NCC1CN(c2ccc(NCCNC)c(F)c2)C(=O)O1)NOCC. The maximum atomic E-state index is 14.3. The first-order chi connectivity index (χ1) is 13.1. The molecule has 0 aliphatic carbocycles. The zero-order valence-electron chi connectivity index (χ0n) is 15.6. The minimum Gasteiger partial charge on any atom is -0.442 e. The number of anilines is 2. The molecule has 1 aromatic rings. The van der Waals surface area contributed by atoms with E-state index >= 15 is 0 Å². The molecule has 1 saturated heterocycles. The molecule has 0 saturated carbocycles. The minimum absolute atomic E-state index is 0.246. The van der Waals surface area contributed by atoms with Gasteiger partial charge in [-0.2, -0.15) is 0 Å². The summed E-state index contributed by atoms with van der Waals surface area (Å²) < 4.78 is 19.6. The van der Waals surface area contributed by atoms with Crippen LogP contribution in [0.15, 0.2) is 35.8 Å². The number of ether oxygens (including phenoxy) is 1. The molecule has 2 rings (SSSR count). The summed E-state index contributed by atoms with van der Waals surface area (Å²) >= 11 is 0. The Bertz CT molecular complexity index is 683. The molecule has 1 aliphatic heterocycles. The van der Waals surface area contributed by atoms with Crippen LogP contribution in [0.4, 0.5) is 20.6 Å². The molecule has 1 unspecified atom stereocenters. The van der Waals surface area contributed by atoms with E-state index in [9.17, 15) is 9.18 Å². The number of hydrogen-bond donors (Lipinski definition) is 3. The van der Waals surface area contributed by atoms with Crippen LogP contribution >= 0.6 is 0 Å². The lowest BCUT2D eigenvalue weighted by atomic mass is 10.2. The fourth-order valence-electron chi connectivity index (χ4n) is 2.45. The van der Waals surface area contributed by atoms with Crippen LogP contribution in [0, 0.1) is 5.82 Å². The third-order valence-corrected chi connectivity index (χ3v) is 3.81. The summed E-state index contributed by atoms with van der Waals surface area (Å²) in [4.78, 5) is 22.8. The van der Waals surface area contributed by atoms with Gasteiger partial charge in [-0.05, 0) is 38.2 Å². The topological polar surface area (TPSA) is 87.2 Å². The monoisotopic (exact) mass is 379 g/mol. The quantitative estimate of drug-likeness (QED) is 0.249.